The Hall–Kier alpha value is -0.740. The quantitative estimate of drug-likeness (QED) is 0.669. The summed E-state index contributed by atoms with van der Waals surface area (Å²) in [7, 11) is 0. The van der Waals surface area contributed by atoms with E-state index in [1.165, 1.54) is 13.8 Å². The Morgan fingerprint density at radius 3 is 2.21 bits per heavy atom. The van der Waals surface area contributed by atoms with Crippen molar-refractivity contribution >= 4 is 5.97 Å². The zero-order chi connectivity index (χ0) is 11.0. The lowest BCUT2D eigenvalue weighted by Gasteiger charge is -2.25. The van der Waals surface area contributed by atoms with Gasteiger partial charge in [-0.3, -0.25) is 0 Å². The molecular formula is C9H13F3O2. The highest BCUT2D eigenvalue weighted by Crippen LogP contribution is 2.38. The molecule has 0 N–H and O–H groups in total. The normalized spacial score (nSPS) is 18.1. The highest BCUT2D eigenvalue weighted by molar-refractivity contribution is 5.76. The van der Waals surface area contributed by atoms with Crippen molar-refractivity contribution in [3.63, 3.8) is 0 Å². The molecule has 1 fully saturated rings. The lowest BCUT2D eigenvalue weighted by atomic mass is 10.0. The predicted octanol–water partition coefficient (Wildman–Crippen LogP) is 2.67. The summed E-state index contributed by atoms with van der Waals surface area (Å²) >= 11 is 0. The predicted molar refractivity (Wildman–Crippen MR) is 43.6 cm³/mol. The van der Waals surface area contributed by atoms with Crippen molar-refractivity contribution in [1.82, 2.24) is 0 Å². The number of alkyl halides is 3. The topological polar surface area (TPSA) is 26.3 Å². The van der Waals surface area contributed by atoms with E-state index in [0.717, 1.165) is 12.8 Å². The highest BCUT2D eigenvalue weighted by Gasteiger charge is 2.44. The first-order valence-electron chi connectivity index (χ1n) is 4.51. The minimum absolute atomic E-state index is 0.422. The number of ether oxygens (including phenoxy) is 1. The molecule has 0 aliphatic heterocycles. The van der Waals surface area contributed by atoms with Gasteiger partial charge in [-0.2, -0.15) is 13.2 Å². The van der Waals surface area contributed by atoms with Crippen LogP contribution in [0.4, 0.5) is 13.2 Å². The molecule has 1 rings (SSSR count). The van der Waals surface area contributed by atoms with E-state index in [1.807, 2.05) is 0 Å². The summed E-state index contributed by atoms with van der Waals surface area (Å²) in [6, 6.07) is 0. The first-order chi connectivity index (χ1) is 6.21. The molecule has 5 heteroatoms. The Morgan fingerprint density at radius 2 is 1.86 bits per heavy atom. The summed E-state index contributed by atoms with van der Waals surface area (Å²) in [6.45, 7) is 3.02. The number of rotatable bonds is 3. The van der Waals surface area contributed by atoms with Crippen molar-refractivity contribution in [3.05, 3.63) is 0 Å². The lowest BCUT2D eigenvalue weighted by molar-refractivity contribution is -0.212. The van der Waals surface area contributed by atoms with Crippen LogP contribution in [-0.4, -0.2) is 17.7 Å². The van der Waals surface area contributed by atoms with Crippen molar-refractivity contribution in [1.29, 1.82) is 0 Å². The van der Waals surface area contributed by atoms with Crippen molar-refractivity contribution < 1.29 is 22.7 Å². The summed E-state index contributed by atoms with van der Waals surface area (Å²) < 4.78 is 40.0. The molecule has 0 aromatic heterocycles. The second-order valence-corrected chi connectivity index (χ2v) is 4.29. The molecule has 14 heavy (non-hydrogen) atoms. The third-order valence-electron chi connectivity index (χ3n) is 2.08. The molecule has 0 spiro atoms. The van der Waals surface area contributed by atoms with Gasteiger partial charge < -0.3 is 4.74 Å². The number of carbonyl (C=O) groups excluding carboxylic acids is 1. The Labute approximate surface area is 80.4 Å². The zero-order valence-electron chi connectivity index (χ0n) is 8.15. The Balaban J connectivity index is 2.44. The van der Waals surface area contributed by atoms with Gasteiger partial charge in [-0.1, -0.05) is 12.8 Å². The third kappa shape index (κ3) is 3.55. The summed E-state index contributed by atoms with van der Waals surface area (Å²) in [5.74, 6) is -1.67. The van der Waals surface area contributed by atoms with Crippen LogP contribution in [0.1, 0.15) is 33.1 Å². The van der Waals surface area contributed by atoms with Crippen molar-refractivity contribution in [3.8, 4) is 0 Å². The van der Waals surface area contributed by atoms with Crippen LogP contribution in [0.2, 0.25) is 0 Å². The molecule has 0 atom stereocenters. The average Bonchev–Trinajstić information content (AvgIpc) is 2.66. The van der Waals surface area contributed by atoms with Crippen molar-refractivity contribution in [2.45, 2.75) is 44.9 Å². The monoisotopic (exact) mass is 210 g/mol. The Morgan fingerprint density at radius 1 is 1.36 bits per heavy atom. The molecule has 2 nitrogen and oxygen atoms in total. The van der Waals surface area contributed by atoms with Crippen LogP contribution in [0, 0.1) is 5.92 Å². The summed E-state index contributed by atoms with van der Waals surface area (Å²) in [4.78, 5) is 10.5. The van der Waals surface area contributed by atoms with Gasteiger partial charge in [0, 0.05) is 0 Å². The fourth-order valence-electron chi connectivity index (χ4n) is 1.37. The molecule has 1 aliphatic rings. The number of hydrogen-bond donors (Lipinski definition) is 0. The van der Waals surface area contributed by atoms with Crippen LogP contribution in [0.25, 0.3) is 0 Å². The molecule has 0 unspecified atom stereocenters. The summed E-state index contributed by atoms with van der Waals surface area (Å²) in [5, 5.41) is 0. The Kier molecular flexibility index (Phi) is 2.78. The van der Waals surface area contributed by atoms with E-state index in [9.17, 15) is 18.0 Å². The molecule has 0 heterocycles. The number of carbonyl (C=O) groups is 1. The Bertz CT molecular complexity index is 229. The highest BCUT2D eigenvalue weighted by atomic mass is 19.4. The van der Waals surface area contributed by atoms with Gasteiger partial charge in [0.25, 0.3) is 0 Å². The van der Waals surface area contributed by atoms with Crippen LogP contribution < -0.4 is 0 Å². The van der Waals surface area contributed by atoms with Crippen molar-refractivity contribution in [2.75, 3.05) is 0 Å². The number of hydrogen-bond acceptors (Lipinski definition) is 2. The van der Waals surface area contributed by atoms with Gasteiger partial charge in [-0.15, -0.1) is 0 Å². The van der Waals surface area contributed by atoms with Crippen molar-refractivity contribution in [2.24, 2.45) is 5.92 Å². The largest absolute Gasteiger partial charge is 0.490 e. The van der Waals surface area contributed by atoms with Gasteiger partial charge in [0.05, 0.1) is 0 Å². The van der Waals surface area contributed by atoms with Gasteiger partial charge in [-0.25, -0.2) is 4.79 Å². The van der Waals surface area contributed by atoms with E-state index in [1.54, 1.807) is 0 Å². The summed E-state index contributed by atoms with van der Waals surface area (Å²) in [5.41, 5.74) is -1.01. The third-order valence-corrected chi connectivity index (χ3v) is 2.08. The van der Waals surface area contributed by atoms with Crippen LogP contribution in [-0.2, 0) is 9.53 Å². The van der Waals surface area contributed by atoms with E-state index < -0.39 is 17.7 Å². The molecule has 0 bridgehead atoms. The van der Waals surface area contributed by atoms with Gasteiger partial charge in [0.1, 0.15) is 5.60 Å². The number of esters is 1. The van der Waals surface area contributed by atoms with Gasteiger partial charge in [0.15, 0.2) is 0 Å². The molecule has 0 aromatic rings. The summed E-state index contributed by atoms with van der Waals surface area (Å²) in [6.07, 6.45) is -2.34. The smallest absolute Gasteiger partial charge is 0.453 e. The molecular weight excluding hydrogens is 197 g/mol. The van der Waals surface area contributed by atoms with Crippen LogP contribution >= 0.6 is 0 Å². The molecule has 0 aromatic carbocycles. The minimum atomic E-state index is -4.89. The first kappa shape index (κ1) is 11.3. The molecule has 1 saturated carbocycles. The second-order valence-electron chi connectivity index (χ2n) is 4.29. The number of halogens is 3. The lowest BCUT2D eigenvalue weighted by Crippen LogP contribution is -2.35. The van der Waals surface area contributed by atoms with E-state index >= 15 is 0 Å². The molecule has 1 aliphatic carbocycles. The van der Waals surface area contributed by atoms with Gasteiger partial charge in [0.2, 0.25) is 0 Å². The maximum Gasteiger partial charge on any atom is 0.490 e. The van der Waals surface area contributed by atoms with Crippen LogP contribution in [0.15, 0.2) is 0 Å². The van der Waals surface area contributed by atoms with Gasteiger partial charge >= 0.3 is 12.1 Å². The van der Waals surface area contributed by atoms with E-state index in [4.69, 9.17) is 0 Å². The maximum absolute atomic E-state index is 11.9. The first-order valence-corrected chi connectivity index (χ1v) is 4.51. The fourth-order valence-corrected chi connectivity index (χ4v) is 1.37. The second kappa shape index (κ2) is 3.44. The zero-order valence-corrected chi connectivity index (χ0v) is 8.15. The fraction of sp³-hybridized carbons (Fsp3) is 0.889. The standard InChI is InChI=1S/C9H13F3O2/c1-8(2,5-6-3-4-6)14-7(13)9(10,11)12/h6H,3-5H2,1-2H3. The average molecular weight is 210 g/mol. The van der Waals surface area contributed by atoms with E-state index in [0.29, 0.717) is 12.3 Å². The maximum atomic E-state index is 11.9. The molecule has 0 saturated heterocycles. The van der Waals surface area contributed by atoms with E-state index in [-0.39, 0.29) is 0 Å². The molecule has 82 valence electrons. The van der Waals surface area contributed by atoms with Crippen LogP contribution in [0.3, 0.4) is 0 Å². The molecule has 0 amide bonds. The minimum Gasteiger partial charge on any atom is -0.453 e. The molecule has 0 radical (unpaired) electrons. The van der Waals surface area contributed by atoms with Gasteiger partial charge in [-0.05, 0) is 26.2 Å². The van der Waals surface area contributed by atoms with Crippen LogP contribution in [0.5, 0.6) is 0 Å². The SMILES string of the molecule is CC(C)(CC1CC1)OC(=O)C(F)(F)F. The van der Waals surface area contributed by atoms with E-state index in [2.05, 4.69) is 4.74 Å².